The molecule has 0 aliphatic carbocycles. The van der Waals surface area contributed by atoms with Gasteiger partial charge in [-0.25, -0.2) is 4.85 Å². The third kappa shape index (κ3) is 5.07. The van der Waals surface area contributed by atoms with Crippen LogP contribution < -0.4 is 0 Å². The molecule has 8 nitrogen and oxygen atoms in total. The number of hydrogen-bond donors (Lipinski definition) is 0. The maximum atomic E-state index is 14.2. The maximum absolute atomic E-state index is 14.2. The lowest BCUT2D eigenvalue weighted by molar-refractivity contribution is -0.141. The Hall–Kier alpha value is -3.95. The van der Waals surface area contributed by atoms with Crippen molar-refractivity contribution in [1.29, 1.82) is 0 Å². The highest BCUT2D eigenvalue weighted by Crippen LogP contribution is 2.47. The van der Waals surface area contributed by atoms with Gasteiger partial charge in [0.2, 0.25) is 10.9 Å². The summed E-state index contributed by atoms with van der Waals surface area (Å²) in [5.74, 6) is -0.704. The van der Waals surface area contributed by atoms with Gasteiger partial charge in [0.15, 0.2) is 11.3 Å². The number of nitrogens with zero attached hydrogens (tertiary/aromatic N) is 6. The molecule has 4 heterocycles. The molecule has 1 aromatic carbocycles. The Bertz CT molecular complexity index is 1610. The van der Waals surface area contributed by atoms with E-state index >= 15 is 0 Å². The molecular formula is C27H25F3N6O2S. The molecule has 0 bridgehead atoms. The first-order valence-corrected chi connectivity index (χ1v) is 13.0. The molecule has 0 saturated heterocycles. The molecule has 0 radical (unpaired) electrons. The summed E-state index contributed by atoms with van der Waals surface area (Å²) in [4.78, 5) is 21.2. The Morgan fingerprint density at radius 3 is 2.82 bits per heavy atom. The van der Waals surface area contributed by atoms with Crippen LogP contribution in [0.4, 0.5) is 18.2 Å². The largest absolute Gasteiger partial charge is 0.435 e. The summed E-state index contributed by atoms with van der Waals surface area (Å²) in [6.45, 7) is 10.6. The Morgan fingerprint density at radius 1 is 1.33 bits per heavy atom. The fourth-order valence-electron chi connectivity index (χ4n) is 4.86. The third-order valence-corrected chi connectivity index (χ3v) is 7.68. The van der Waals surface area contributed by atoms with E-state index in [1.165, 1.54) is 34.5 Å². The zero-order valence-corrected chi connectivity index (χ0v) is 22.3. The molecule has 1 aliphatic heterocycles. The highest BCUT2D eigenvalue weighted by molar-refractivity contribution is 7.16. The molecule has 0 saturated carbocycles. The minimum Gasteiger partial charge on any atom is -0.356 e. The van der Waals surface area contributed by atoms with Gasteiger partial charge in [-0.3, -0.25) is 9.48 Å². The van der Waals surface area contributed by atoms with Crippen molar-refractivity contribution in [3.05, 3.63) is 75.9 Å². The van der Waals surface area contributed by atoms with Crippen LogP contribution in [-0.2, 0) is 24.1 Å². The van der Waals surface area contributed by atoms with Crippen molar-refractivity contribution in [3.63, 3.8) is 0 Å². The normalized spacial score (nSPS) is 15.8. The maximum Gasteiger partial charge on any atom is 0.435 e. The van der Waals surface area contributed by atoms with Gasteiger partial charge in [0, 0.05) is 59.2 Å². The lowest BCUT2D eigenvalue weighted by Gasteiger charge is -2.34. The van der Waals surface area contributed by atoms with E-state index in [4.69, 9.17) is 11.1 Å². The van der Waals surface area contributed by atoms with E-state index in [2.05, 4.69) is 15.1 Å². The van der Waals surface area contributed by atoms with Gasteiger partial charge >= 0.3 is 6.18 Å². The van der Waals surface area contributed by atoms with Crippen molar-refractivity contribution in [1.82, 2.24) is 24.7 Å². The molecule has 202 valence electrons. The number of fused-ring (bicyclic) bond motifs is 2. The van der Waals surface area contributed by atoms with Crippen LogP contribution in [0.2, 0.25) is 0 Å². The predicted octanol–water partition coefficient (Wildman–Crippen LogP) is 5.93. The molecule has 39 heavy (non-hydrogen) atoms. The Labute approximate surface area is 226 Å². The van der Waals surface area contributed by atoms with Crippen molar-refractivity contribution < 1.29 is 22.5 Å². The fourth-order valence-corrected chi connectivity index (χ4v) is 5.88. The first-order valence-electron chi connectivity index (χ1n) is 12.2. The molecule has 1 amide bonds. The first-order chi connectivity index (χ1) is 18.6. The smallest absolute Gasteiger partial charge is 0.356 e. The zero-order valence-electron chi connectivity index (χ0n) is 21.5. The summed E-state index contributed by atoms with van der Waals surface area (Å²) >= 11 is 1.29. The lowest BCUT2D eigenvalue weighted by atomic mass is 9.83. The summed E-state index contributed by atoms with van der Waals surface area (Å²) in [6, 6.07) is 5.29. The topological polar surface area (TPSA) is 71.8 Å². The van der Waals surface area contributed by atoms with E-state index in [0.29, 0.717) is 29.0 Å². The van der Waals surface area contributed by atoms with Crippen LogP contribution in [0.25, 0.3) is 26.9 Å². The minimum atomic E-state index is -4.70. The highest BCUT2D eigenvalue weighted by Gasteiger charge is 2.40. The number of likely N-dealkylation sites (N-methyl/N-ethyl adjacent to an activating group) is 1. The van der Waals surface area contributed by atoms with Gasteiger partial charge in [0.1, 0.15) is 0 Å². The number of aryl methyl sites for hydroxylation is 1. The molecule has 0 N–H and O–H groups in total. The molecule has 5 rings (SSSR count). The Balaban J connectivity index is 1.70. The number of thiophene rings is 1. The van der Waals surface area contributed by atoms with E-state index in [9.17, 15) is 18.0 Å². The number of rotatable bonds is 6. The average Bonchev–Trinajstić information content (AvgIpc) is 3.64. The minimum absolute atomic E-state index is 0.113. The van der Waals surface area contributed by atoms with Crippen molar-refractivity contribution in [3.8, 4) is 11.1 Å². The SMILES string of the molecule is [C-]#[N+]c1cc2c(s1)CN(C(=O)/C=C/CN(C)C)CC2c1ccc2cnoc2c1-c1cn(CC)nc1C(F)(F)F. The standard InChI is InChI=1S/C27H25F3N6O2S/c1-5-36-14-20(26(33-36)27(28,29)30)24-17(9-8-16-12-32-38-25(16)24)19-13-35(23(37)7-6-10-34(3)4)15-21-18(19)11-22(31-2)39-21/h6-9,11-12,14,19H,5,10,13,15H2,1,3-4H3/b7-6+. The number of carbonyl (C=O) groups is 1. The molecule has 0 spiro atoms. The molecule has 12 heteroatoms. The number of carbonyl (C=O) groups excluding carboxylic acids is 1. The van der Waals surface area contributed by atoms with Gasteiger partial charge in [-0.05, 0) is 44.3 Å². The number of benzene rings is 1. The monoisotopic (exact) mass is 554 g/mol. The van der Waals surface area contributed by atoms with Crippen LogP contribution in [-0.4, -0.2) is 57.8 Å². The molecular weight excluding hydrogens is 529 g/mol. The average molecular weight is 555 g/mol. The van der Waals surface area contributed by atoms with E-state index in [1.54, 1.807) is 36.1 Å². The number of aromatic nitrogens is 3. The summed E-state index contributed by atoms with van der Waals surface area (Å²) in [7, 11) is 3.79. The lowest BCUT2D eigenvalue weighted by Crippen LogP contribution is -2.37. The van der Waals surface area contributed by atoms with Gasteiger partial charge < -0.3 is 14.3 Å². The number of halogens is 3. The van der Waals surface area contributed by atoms with Crippen molar-refractivity contribution in [2.75, 3.05) is 27.2 Å². The summed E-state index contributed by atoms with van der Waals surface area (Å²) in [5, 5.41) is 8.68. The number of alkyl halides is 3. The van der Waals surface area contributed by atoms with Crippen LogP contribution in [0.3, 0.4) is 0 Å². The van der Waals surface area contributed by atoms with E-state index in [0.717, 1.165) is 10.4 Å². The molecule has 1 unspecified atom stereocenters. The van der Waals surface area contributed by atoms with Crippen LogP contribution in [0, 0.1) is 6.57 Å². The molecule has 4 aromatic rings. The van der Waals surface area contributed by atoms with Crippen molar-refractivity contribution in [2.24, 2.45) is 0 Å². The van der Waals surface area contributed by atoms with Crippen LogP contribution in [0.5, 0.6) is 0 Å². The van der Waals surface area contributed by atoms with Crippen LogP contribution in [0.15, 0.2) is 47.3 Å². The van der Waals surface area contributed by atoms with E-state index in [-0.39, 0.29) is 35.7 Å². The predicted molar refractivity (Wildman–Crippen MR) is 141 cm³/mol. The van der Waals surface area contributed by atoms with E-state index in [1.807, 2.05) is 19.0 Å². The molecule has 0 fully saturated rings. The first kappa shape index (κ1) is 26.6. The van der Waals surface area contributed by atoms with Crippen LogP contribution in [0.1, 0.15) is 34.5 Å². The fraction of sp³-hybridized carbons (Fsp3) is 0.333. The molecule has 3 aromatic heterocycles. The van der Waals surface area contributed by atoms with Gasteiger partial charge in [0.25, 0.3) is 0 Å². The zero-order chi connectivity index (χ0) is 27.9. The highest BCUT2D eigenvalue weighted by atomic mass is 32.1. The third-order valence-electron chi connectivity index (χ3n) is 6.65. The summed E-state index contributed by atoms with van der Waals surface area (Å²) in [6.07, 6.45) is 1.41. The van der Waals surface area contributed by atoms with Gasteiger partial charge in [-0.1, -0.05) is 17.3 Å². The van der Waals surface area contributed by atoms with Crippen molar-refractivity contribution >= 4 is 33.2 Å². The van der Waals surface area contributed by atoms with E-state index < -0.39 is 17.8 Å². The summed E-state index contributed by atoms with van der Waals surface area (Å²) < 4.78 is 49.4. The van der Waals surface area contributed by atoms with Gasteiger partial charge in [-0.15, -0.1) is 0 Å². The van der Waals surface area contributed by atoms with Gasteiger partial charge in [-0.2, -0.15) is 29.6 Å². The number of hydrogen-bond acceptors (Lipinski definition) is 6. The molecule has 1 aliphatic rings. The second kappa shape index (κ2) is 10.3. The second-order valence-corrected chi connectivity index (χ2v) is 10.6. The van der Waals surface area contributed by atoms with Gasteiger partial charge in [0.05, 0.1) is 19.3 Å². The summed E-state index contributed by atoms with van der Waals surface area (Å²) in [5.41, 5.74) is 0.691. The molecule has 1 atom stereocenters. The van der Waals surface area contributed by atoms with Crippen molar-refractivity contribution in [2.45, 2.75) is 32.1 Å². The number of amides is 1. The van der Waals surface area contributed by atoms with Crippen LogP contribution >= 0.6 is 11.3 Å². The second-order valence-electron chi connectivity index (χ2n) is 9.53. The quantitative estimate of drug-likeness (QED) is 0.218. The Morgan fingerprint density at radius 2 is 2.13 bits per heavy atom. The Kier molecular flexibility index (Phi) is 7.05.